The van der Waals surface area contributed by atoms with Gasteiger partial charge in [-0.1, -0.05) is 35.5 Å². The van der Waals surface area contributed by atoms with Gasteiger partial charge < -0.3 is 9.84 Å². The van der Waals surface area contributed by atoms with Crippen LogP contribution in [0.3, 0.4) is 0 Å². The number of aromatic nitrogens is 4. The van der Waals surface area contributed by atoms with Gasteiger partial charge in [-0.25, -0.2) is 0 Å². The summed E-state index contributed by atoms with van der Waals surface area (Å²) in [6, 6.07) is 11.8. The number of halogens is 1. The molecular weight excluding hydrogens is 396 g/mol. The van der Waals surface area contributed by atoms with Crippen molar-refractivity contribution in [3.05, 3.63) is 59.4 Å². The smallest absolute Gasteiger partial charge is 0.191 e. The van der Waals surface area contributed by atoms with Crippen LogP contribution in [-0.4, -0.2) is 43.3 Å². The summed E-state index contributed by atoms with van der Waals surface area (Å²) in [4.78, 5) is 4.18. The van der Waals surface area contributed by atoms with Crippen molar-refractivity contribution < 1.29 is 9.84 Å². The van der Waals surface area contributed by atoms with E-state index in [0.29, 0.717) is 23.4 Å². The summed E-state index contributed by atoms with van der Waals surface area (Å²) in [6.45, 7) is 0.713. The van der Waals surface area contributed by atoms with E-state index in [0.717, 1.165) is 34.9 Å². The van der Waals surface area contributed by atoms with Gasteiger partial charge in [0.15, 0.2) is 11.0 Å². The number of aliphatic hydroxyl groups excluding tert-OH is 1. The maximum absolute atomic E-state index is 10.3. The lowest BCUT2D eigenvalue weighted by atomic mass is 10.2. The van der Waals surface area contributed by atoms with Crippen LogP contribution in [0.15, 0.2) is 53.9 Å². The zero-order valence-corrected chi connectivity index (χ0v) is 16.8. The standard InChI is InChI=1S/C20H21ClN4O2S/c21-16-5-3-14(4-6-16)11-27-12-18(26)13-28-20-24-23-19(25(20)17-7-8-17)15-2-1-9-22-10-15/h1-6,9-10,17-18,26H,7-8,11-13H2/t18-/m0/s1. The van der Waals surface area contributed by atoms with Crippen molar-refractivity contribution in [3.8, 4) is 11.4 Å². The van der Waals surface area contributed by atoms with Crippen LogP contribution in [0.1, 0.15) is 24.4 Å². The van der Waals surface area contributed by atoms with E-state index < -0.39 is 6.10 Å². The second-order valence-electron chi connectivity index (χ2n) is 6.76. The first-order valence-electron chi connectivity index (χ1n) is 9.19. The highest BCUT2D eigenvalue weighted by molar-refractivity contribution is 7.99. The second-order valence-corrected chi connectivity index (χ2v) is 8.18. The first-order valence-corrected chi connectivity index (χ1v) is 10.6. The Kier molecular flexibility index (Phi) is 6.26. The van der Waals surface area contributed by atoms with Gasteiger partial charge in [-0.2, -0.15) is 0 Å². The molecule has 0 spiro atoms. The summed E-state index contributed by atoms with van der Waals surface area (Å²) in [6.07, 6.45) is 5.23. The van der Waals surface area contributed by atoms with E-state index in [2.05, 4.69) is 19.7 Å². The summed E-state index contributed by atoms with van der Waals surface area (Å²) in [7, 11) is 0. The Morgan fingerprint density at radius 3 is 2.75 bits per heavy atom. The lowest BCUT2D eigenvalue weighted by Gasteiger charge is -2.12. The predicted octanol–water partition coefficient (Wildman–Crippen LogP) is 4.00. The normalized spacial score (nSPS) is 14.9. The monoisotopic (exact) mass is 416 g/mol. The molecule has 28 heavy (non-hydrogen) atoms. The van der Waals surface area contributed by atoms with Crippen molar-refractivity contribution in [1.82, 2.24) is 19.7 Å². The number of ether oxygens (including phenoxy) is 1. The molecular formula is C20H21ClN4O2S. The average Bonchev–Trinajstić information content (AvgIpc) is 3.47. The summed E-state index contributed by atoms with van der Waals surface area (Å²) in [5, 5.41) is 20.5. The molecule has 1 N–H and O–H groups in total. The summed E-state index contributed by atoms with van der Waals surface area (Å²) >= 11 is 7.38. The molecule has 8 heteroatoms. The molecule has 1 fully saturated rings. The van der Waals surface area contributed by atoms with Crippen molar-refractivity contribution in [3.63, 3.8) is 0 Å². The van der Waals surface area contributed by atoms with Gasteiger partial charge in [0.2, 0.25) is 0 Å². The quantitative estimate of drug-likeness (QED) is 0.531. The van der Waals surface area contributed by atoms with E-state index in [1.54, 1.807) is 12.4 Å². The Morgan fingerprint density at radius 1 is 1.21 bits per heavy atom. The molecule has 1 saturated carbocycles. The molecule has 0 bridgehead atoms. The summed E-state index contributed by atoms with van der Waals surface area (Å²) < 4.78 is 7.79. The van der Waals surface area contributed by atoms with Crippen LogP contribution in [0.2, 0.25) is 5.02 Å². The molecule has 0 unspecified atom stereocenters. The molecule has 6 nitrogen and oxygen atoms in total. The molecule has 146 valence electrons. The molecule has 0 aliphatic heterocycles. The topological polar surface area (TPSA) is 73.1 Å². The third-order valence-corrected chi connectivity index (χ3v) is 5.73. The maximum Gasteiger partial charge on any atom is 0.191 e. The number of rotatable bonds is 9. The SMILES string of the molecule is O[C@@H](COCc1ccc(Cl)cc1)CSc1nnc(-c2cccnc2)n1C1CC1. The molecule has 1 atom stereocenters. The molecule has 0 saturated heterocycles. The van der Waals surface area contributed by atoms with Gasteiger partial charge in [-0.3, -0.25) is 9.55 Å². The van der Waals surface area contributed by atoms with Crippen molar-refractivity contribution >= 4 is 23.4 Å². The molecule has 2 heterocycles. The fraction of sp³-hybridized carbons (Fsp3) is 0.350. The lowest BCUT2D eigenvalue weighted by Crippen LogP contribution is -2.18. The number of aliphatic hydroxyl groups is 1. The minimum Gasteiger partial charge on any atom is -0.390 e. The van der Waals surface area contributed by atoms with Crippen LogP contribution in [-0.2, 0) is 11.3 Å². The van der Waals surface area contributed by atoms with Crippen LogP contribution in [0.4, 0.5) is 0 Å². The average molecular weight is 417 g/mol. The zero-order chi connectivity index (χ0) is 19.3. The maximum atomic E-state index is 10.3. The first-order chi connectivity index (χ1) is 13.7. The van der Waals surface area contributed by atoms with E-state index in [-0.39, 0.29) is 6.61 Å². The molecule has 3 aromatic rings. The Hall–Kier alpha value is -1.93. The van der Waals surface area contributed by atoms with E-state index in [4.69, 9.17) is 16.3 Å². The number of nitrogens with zero attached hydrogens (tertiary/aromatic N) is 4. The number of hydrogen-bond donors (Lipinski definition) is 1. The van der Waals surface area contributed by atoms with Crippen LogP contribution in [0.25, 0.3) is 11.4 Å². The Balaban J connectivity index is 1.32. The fourth-order valence-corrected chi connectivity index (χ4v) is 3.88. The molecule has 4 rings (SSSR count). The van der Waals surface area contributed by atoms with Gasteiger partial charge in [-0.15, -0.1) is 10.2 Å². The van der Waals surface area contributed by atoms with Gasteiger partial charge in [0.05, 0.1) is 19.3 Å². The van der Waals surface area contributed by atoms with Crippen LogP contribution in [0, 0.1) is 0 Å². The molecule has 1 aromatic carbocycles. The van der Waals surface area contributed by atoms with E-state index in [1.165, 1.54) is 11.8 Å². The summed E-state index contributed by atoms with van der Waals surface area (Å²) in [5.74, 6) is 1.34. The number of pyridine rings is 1. The van der Waals surface area contributed by atoms with Crippen LogP contribution < -0.4 is 0 Å². The van der Waals surface area contributed by atoms with Gasteiger partial charge >= 0.3 is 0 Å². The highest BCUT2D eigenvalue weighted by Gasteiger charge is 2.30. The van der Waals surface area contributed by atoms with Crippen LogP contribution >= 0.6 is 23.4 Å². The molecule has 0 amide bonds. The first kappa shape index (κ1) is 19.4. The van der Waals surface area contributed by atoms with Gasteiger partial charge in [0, 0.05) is 34.8 Å². The lowest BCUT2D eigenvalue weighted by molar-refractivity contribution is 0.0397. The van der Waals surface area contributed by atoms with E-state index in [9.17, 15) is 5.11 Å². The fourth-order valence-electron chi connectivity index (χ4n) is 2.84. The predicted molar refractivity (Wildman–Crippen MR) is 109 cm³/mol. The molecule has 0 radical (unpaired) electrons. The van der Waals surface area contributed by atoms with E-state index >= 15 is 0 Å². The number of thioether (sulfide) groups is 1. The highest BCUT2D eigenvalue weighted by atomic mass is 35.5. The molecule has 2 aromatic heterocycles. The van der Waals surface area contributed by atoms with Crippen molar-refractivity contribution in [2.45, 2.75) is 36.8 Å². The van der Waals surface area contributed by atoms with Crippen molar-refractivity contribution in [2.24, 2.45) is 0 Å². The highest BCUT2D eigenvalue weighted by Crippen LogP contribution is 2.41. The van der Waals surface area contributed by atoms with Crippen molar-refractivity contribution in [1.29, 1.82) is 0 Å². The minimum absolute atomic E-state index is 0.267. The summed E-state index contributed by atoms with van der Waals surface area (Å²) in [5.41, 5.74) is 1.99. The van der Waals surface area contributed by atoms with Gasteiger partial charge in [0.1, 0.15) is 0 Å². The number of hydrogen-bond acceptors (Lipinski definition) is 6. The Bertz CT molecular complexity index is 900. The third kappa shape index (κ3) is 4.91. The van der Waals surface area contributed by atoms with Gasteiger partial charge in [0.25, 0.3) is 0 Å². The second kappa shape index (κ2) is 9.05. The largest absolute Gasteiger partial charge is 0.390 e. The van der Waals surface area contributed by atoms with Crippen LogP contribution in [0.5, 0.6) is 0 Å². The van der Waals surface area contributed by atoms with E-state index in [1.807, 2.05) is 36.4 Å². The van der Waals surface area contributed by atoms with Gasteiger partial charge in [-0.05, 0) is 42.7 Å². The molecule has 1 aliphatic carbocycles. The Labute approximate surface area is 172 Å². The molecule has 1 aliphatic rings. The Morgan fingerprint density at radius 2 is 2.04 bits per heavy atom. The van der Waals surface area contributed by atoms with Crippen molar-refractivity contribution in [2.75, 3.05) is 12.4 Å². The zero-order valence-electron chi connectivity index (χ0n) is 15.2. The third-order valence-electron chi connectivity index (χ3n) is 4.39. The minimum atomic E-state index is -0.580. The number of benzene rings is 1.